The molecule has 21 heavy (non-hydrogen) atoms. The minimum atomic E-state index is -0.891. The van der Waals surface area contributed by atoms with E-state index in [-0.39, 0.29) is 23.7 Å². The van der Waals surface area contributed by atoms with Gasteiger partial charge in [0, 0.05) is 6.08 Å². The van der Waals surface area contributed by atoms with Gasteiger partial charge in [0.25, 0.3) is 0 Å². The van der Waals surface area contributed by atoms with Crippen molar-refractivity contribution < 1.29 is 36.5 Å². The van der Waals surface area contributed by atoms with Crippen molar-refractivity contribution in [2.75, 3.05) is 6.61 Å². The fourth-order valence-corrected chi connectivity index (χ4v) is 1.33. The molecule has 0 aromatic carbocycles. The van der Waals surface area contributed by atoms with Crippen LogP contribution in [0.5, 0.6) is 0 Å². The number of rotatable bonds is 4. The number of carbonyl (C=O) groups excluding carboxylic acids is 2. The molecule has 2 rings (SSSR count). The van der Waals surface area contributed by atoms with Crippen LogP contribution < -0.4 is 0 Å². The van der Waals surface area contributed by atoms with Crippen molar-refractivity contribution in [3.8, 4) is 0 Å². The van der Waals surface area contributed by atoms with Crippen LogP contribution >= 0.6 is 0 Å². The second-order valence-electron chi connectivity index (χ2n) is 3.75. The van der Waals surface area contributed by atoms with Gasteiger partial charge in [-0.1, -0.05) is 0 Å². The van der Waals surface area contributed by atoms with E-state index in [0.29, 0.717) is 5.92 Å². The zero-order chi connectivity index (χ0) is 14.8. The Kier molecular flexibility index (Phi) is 11.4. The van der Waals surface area contributed by atoms with E-state index < -0.39 is 17.5 Å². The quantitative estimate of drug-likeness (QED) is 0.371. The molecular formula is C16H16FeO4+2. The Balaban J connectivity index is 0.000000562. The van der Waals surface area contributed by atoms with E-state index in [1.54, 1.807) is 32.6 Å². The molecule has 5 heteroatoms. The molecule has 4 nitrogen and oxygen atoms in total. The molecule has 0 aromatic rings. The molecule has 0 unspecified atom stereocenters. The first kappa shape index (κ1) is 20.2. The van der Waals surface area contributed by atoms with E-state index in [1.807, 2.05) is 32.1 Å². The molecule has 2 fully saturated rings. The predicted molar refractivity (Wildman–Crippen MR) is 74.3 cm³/mol. The van der Waals surface area contributed by atoms with Gasteiger partial charge in [0.05, 0.1) is 12.5 Å². The third kappa shape index (κ3) is 8.27. The zero-order valence-corrected chi connectivity index (χ0v) is 12.6. The summed E-state index contributed by atoms with van der Waals surface area (Å²) in [4.78, 5) is 22.3. The second-order valence-corrected chi connectivity index (χ2v) is 3.75. The Morgan fingerprint density at radius 1 is 1.05 bits per heavy atom. The first-order valence-electron chi connectivity index (χ1n) is 6.15. The van der Waals surface area contributed by atoms with Crippen molar-refractivity contribution in [1.29, 1.82) is 0 Å². The van der Waals surface area contributed by atoms with Gasteiger partial charge in [0.15, 0.2) is 5.78 Å². The number of esters is 1. The van der Waals surface area contributed by atoms with Crippen molar-refractivity contribution in [2.24, 2.45) is 0 Å². The SMILES string of the molecule is CCOC(=O)/C(O)=C/C(=O)[C]1[CH][CH][CH][CH]1.[CH]1[CH][CH][CH][CH]1.[Fe+2]. The maximum absolute atomic E-state index is 11.4. The molecule has 0 atom stereocenters. The van der Waals surface area contributed by atoms with Crippen molar-refractivity contribution in [3.63, 3.8) is 0 Å². The van der Waals surface area contributed by atoms with Gasteiger partial charge in [-0.2, -0.15) is 0 Å². The fraction of sp³-hybridized carbons (Fsp3) is 0.125. The standard InChI is InChI=1S/C11H11O4.C5H5.Fe/c1-2-15-11(14)10(13)7-9(12)8-5-3-4-6-8;1-2-4-5-3-1;/h3-7,13H,2H2,1H3;1-5H;/q;;+2/b10-7-;;. The maximum Gasteiger partial charge on any atom is 2.00 e. The summed E-state index contributed by atoms with van der Waals surface area (Å²) in [6, 6.07) is 0. The van der Waals surface area contributed by atoms with Crippen LogP contribution in [0.15, 0.2) is 11.8 Å². The van der Waals surface area contributed by atoms with Gasteiger partial charge < -0.3 is 9.84 Å². The molecule has 2 aliphatic carbocycles. The summed E-state index contributed by atoms with van der Waals surface area (Å²) in [7, 11) is 0. The summed E-state index contributed by atoms with van der Waals surface area (Å²) in [5.74, 6) is -1.57. The van der Waals surface area contributed by atoms with Crippen molar-refractivity contribution in [3.05, 3.63) is 75.5 Å². The van der Waals surface area contributed by atoms with Crippen molar-refractivity contribution in [2.45, 2.75) is 6.92 Å². The minimum Gasteiger partial charge on any atom is -0.502 e. The normalized spacial score (nSPS) is 18.4. The first-order valence-corrected chi connectivity index (χ1v) is 6.15. The smallest absolute Gasteiger partial charge is 0.502 e. The van der Waals surface area contributed by atoms with E-state index >= 15 is 0 Å². The van der Waals surface area contributed by atoms with Crippen LogP contribution in [0.3, 0.4) is 0 Å². The molecular weight excluding hydrogens is 312 g/mol. The van der Waals surface area contributed by atoms with Gasteiger partial charge in [-0.15, -0.1) is 0 Å². The number of aliphatic hydroxyl groups is 1. The summed E-state index contributed by atoms with van der Waals surface area (Å²) >= 11 is 0. The molecule has 1 N–H and O–H groups in total. The first-order chi connectivity index (χ1) is 9.65. The topological polar surface area (TPSA) is 63.6 Å². The summed E-state index contributed by atoms with van der Waals surface area (Å²) in [5, 5.41) is 9.18. The van der Waals surface area contributed by atoms with Crippen LogP contribution in [0, 0.1) is 63.7 Å². The van der Waals surface area contributed by atoms with Gasteiger partial charge in [-0.05, 0) is 64.7 Å². The Labute approximate surface area is 137 Å². The molecule has 2 saturated carbocycles. The number of ketones is 1. The molecule has 0 bridgehead atoms. The number of ether oxygens (including phenoxy) is 1. The van der Waals surface area contributed by atoms with Crippen LogP contribution in [-0.4, -0.2) is 23.5 Å². The van der Waals surface area contributed by atoms with Crippen molar-refractivity contribution >= 4 is 11.8 Å². The van der Waals surface area contributed by atoms with E-state index in [2.05, 4.69) is 4.74 Å². The van der Waals surface area contributed by atoms with E-state index in [4.69, 9.17) is 0 Å². The minimum absolute atomic E-state index is 0. The van der Waals surface area contributed by atoms with Gasteiger partial charge in [0.2, 0.25) is 5.76 Å². The largest absolute Gasteiger partial charge is 2.00 e. The number of allylic oxidation sites excluding steroid dienone is 1. The molecule has 10 radical (unpaired) electrons. The fourth-order valence-electron chi connectivity index (χ4n) is 1.33. The molecule has 0 saturated heterocycles. The predicted octanol–water partition coefficient (Wildman–Crippen LogP) is 1.98. The molecule has 0 heterocycles. The van der Waals surface area contributed by atoms with Gasteiger partial charge in [-0.25, -0.2) is 4.79 Å². The summed E-state index contributed by atoms with van der Waals surface area (Å²) in [6.07, 6.45) is 17.4. The number of carbonyl (C=O) groups is 2. The van der Waals surface area contributed by atoms with Gasteiger partial charge in [0.1, 0.15) is 0 Å². The number of hydrogen-bond acceptors (Lipinski definition) is 4. The van der Waals surface area contributed by atoms with Crippen molar-refractivity contribution in [1.82, 2.24) is 0 Å². The summed E-state index contributed by atoms with van der Waals surface area (Å²) < 4.78 is 4.51. The summed E-state index contributed by atoms with van der Waals surface area (Å²) in [6.45, 7) is 1.77. The second kappa shape index (κ2) is 11.8. The Morgan fingerprint density at radius 3 is 1.95 bits per heavy atom. The molecule has 110 valence electrons. The third-order valence-corrected chi connectivity index (χ3v) is 2.26. The molecule has 0 spiro atoms. The maximum atomic E-state index is 11.4. The van der Waals surface area contributed by atoms with Crippen LogP contribution in [0.25, 0.3) is 0 Å². The molecule has 2 aliphatic rings. The van der Waals surface area contributed by atoms with E-state index in [9.17, 15) is 14.7 Å². The molecule has 0 aromatic heterocycles. The molecule has 0 aliphatic heterocycles. The van der Waals surface area contributed by atoms with Gasteiger partial charge in [-0.3, -0.25) is 4.79 Å². The van der Waals surface area contributed by atoms with Gasteiger partial charge >= 0.3 is 23.0 Å². The van der Waals surface area contributed by atoms with E-state index in [1.165, 1.54) is 0 Å². The molecule has 0 amide bonds. The Hall–Kier alpha value is -0.801. The average Bonchev–Trinajstić information content (AvgIpc) is 3.14. The number of hydrogen-bond donors (Lipinski definition) is 1. The number of aliphatic hydroxyl groups excluding tert-OH is 1. The van der Waals surface area contributed by atoms with E-state index in [0.717, 1.165) is 6.08 Å². The Morgan fingerprint density at radius 2 is 1.52 bits per heavy atom. The average molecular weight is 328 g/mol. The third-order valence-electron chi connectivity index (χ3n) is 2.26. The van der Waals surface area contributed by atoms with Crippen LogP contribution in [-0.2, 0) is 31.4 Å². The van der Waals surface area contributed by atoms with Crippen LogP contribution in [0.4, 0.5) is 0 Å². The van der Waals surface area contributed by atoms with Crippen LogP contribution in [0.1, 0.15) is 6.92 Å². The monoisotopic (exact) mass is 328 g/mol. The summed E-state index contributed by atoms with van der Waals surface area (Å²) in [5.41, 5.74) is 0. The van der Waals surface area contributed by atoms with Crippen LogP contribution in [0.2, 0.25) is 0 Å². The Bertz CT molecular complexity index is 335. The zero-order valence-electron chi connectivity index (χ0n) is 11.5.